The van der Waals surface area contributed by atoms with Gasteiger partial charge >= 0.3 is 5.97 Å². The van der Waals surface area contributed by atoms with E-state index >= 15 is 0 Å². The lowest BCUT2D eigenvalue weighted by Crippen LogP contribution is -2.03. The van der Waals surface area contributed by atoms with Gasteiger partial charge in [-0.15, -0.1) is 6.58 Å². The Morgan fingerprint density at radius 1 is 1.17 bits per heavy atom. The average Bonchev–Trinajstić information content (AvgIpc) is 2.52. The van der Waals surface area contributed by atoms with Gasteiger partial charge in [-0.2, -0.15) is 0 Å². The second-order valence-electron chi connectivity index (χ2n) is 5.69. The van der Waals surface area contributed by atoms with Crippen LogP contribution in [0.2, 0.25) is 0 Å². The SMILES string of the molecule is C=C(C)CCc1c(O)cc(C=Cc2ccccc2)c(C(=O)O)c1O. The van der Waals surface area contributed by atoms with Crippen molar-refractivity contribution in [1.29, 1.82) is 0 Å². The molecule has 0 fully saturated rings. The highest BCUT2D eigenvalue weighted by Crippen LogP contribution is 2.36. The molecule has 124 valence electrons. The van der Waals surface area contributed by atoms with Crippen molar-refractivity contribution in [3.05, 3.63) is 70.8 Å². The molecular weight excluding hydrogens is 304 g/mol. The van der Waals surface area contributed by atoms with Crippen molar-refractivity contribution < 1.29 is 20.1 Å². The van der Waals surface area contributed by atoms with Gasteiger partial charge in [0.25, 0.3) is 0 Å². The Balaban J connectivity index is 2.46. The molecule has 0 unspecified atom stereocenters. The number of hydrogen-bond donors (Lipinski definition) is 3. The zero-order valence-corrected chi connectivity index (χ0v) is 13.5. The summed E-state index contributed by atoms with van der Waals surface area (Å²) in [5, 5.41) is 29.9. The van der Waals surface area contributed by atoms with E-state index in [1.165, 1.54) is 6.07 Å². The van der Waals surface area contributed by atoms with Crippen molar-refractivity contribution in [2.75, 3.05) is 0 Å². The van der Waals surface area contributed by atoms with E-state index in [9.17, 15) is 20.1 Å². The zero-order chi connectivity index (χ0) is 17.7. The van der Waals surface area contributed by atoms with Crippen molar-refractivity contribution in [3.8, 4) is 11.5 Å². The predicted octanol–water partition coefficient (Wildman–Crippen LogP) is 4.48. The highest BCUT2D eigenvalue weighted by atomic mass is 16.4. The molecule has 0 radical (unpaired) electrons. The summed E-state index contributed by atoms with van der Waals surface area (Å²) in [5.74, 6) is -1.75. The zero-order valence-electron chi connectivity index (χ0n) is 13.5. The normalized spacial score (nSPS) is 10.9. The third kappa shape index (κ3) is 4.04. The van der Waals surface area contributed by atoms with Gasteiger partial charge in [0.05, 0.1) is 0 Å². The molecule has 0 spiro atoms. The molecule has 0 atom stereocenters. The van der Waals surface area contributed by atoms with Crippen molar-refractivity contribution in [1.82, 2.24) is 0 Å². The Bertz CT molecular complexity index is 789. The fraction of sp³-hybridized carbons (Fsp3) is 0.150. The number of aromatic hydroxyl groups is 2. The van der Waals surface area contributed by atoms with Gasteiger partial charge in [0.2, 0.25) is 0 Å². The first-order chi connectivity index (χ1) is 11.4. The van der Waals surface area contributed by atoms with Gasteiger partial charge in [-0.1, -0.05) is 48.1 Å². The maximum Gasteiger partial charge on any atom is 0.340 e. The molecule has 0 saturated carbocycles. The Morgan fingerprint density at radius 2 is 1.83 bits per heavy atom. The number of allylic oxidation sites excluding steroid dienone is 1. The molecule has 0 aromatic heterocycles. The number of aromatic carboxylic acids is 1. The number of carboxylic acid groups (broad SMARTS) is 1. The predicted molar refractivity (Wildman–Crippen MR) is 95.2 cm³/mol. The number of benzene rings is 2. The van der Waals surface area contributed by atoms with Gasteiger partial charge in [0, 0.05) is 5.56 Å². The van der Waals surface area contributed by atoms with Crippen LogP contribution >= 0.6 is 0 Å². The summed E-state index contributed by atoms with van der Waals surface area (Å²) in [5.41, 5.74) is 2.04. The highest BCUT2D eigenvalue weighted by molar-refractivity contribution is 5.97. The number of rotatable bonds is 6. The van der Waals surface area contributed by atoms with E-state index in [1.54, 1.807) is 12.2 Å². The molecule has 4 heteroatoms. The van der Waals surface area contributed by atoms with Crippen molar-refractivity contribution >= 4 is 18.1 Å². The van der Waals surface area contributed by atoms with E-state index < -0.39 is 11.7 Å². The maximum atomic E-state index is 11.6. The number of phenolic OH excluding ortho intramolecular Hbond substituents is 1. The van der Waals surface area contributed by atoms with E-state index in [0.29, 0.717) is 12.8 Å². The van der Waals surface area contributed by atoms with E-state index in [4.69, 9.17) is 0 Å². The van der Waals surface area contributed by atoms with Gasteiger partial charge in [-0.3, -0.25) is 0 Å². The van der Waals surface area contributed by atoms with E-state index in [0.717, 1.165) is 11.1 Å². The molecule has 0 aliphatic carbocycles. The average molecular weight is 324 g/mol. The molecular formula is C20H20O4. The molecule has 0 amide bonds. The van der Waals surface area contributed by atoms with E-state index in [1.807, 2.05) is 37.3 Å². The van der Waals surface area contributed by atoms with Crippen LogP contribution in [-0.4, -0.2) is 21.3 Å². The summed E-state index contributed by atoms with van der Waals surface area (Å²) in [7, 11) is 0. The molecule has 2 aromatic rings. The van der Waals surface area contributed by atoms with Gasteiger partial charge in [0.1, 0.15) is 17.1 Å². The summed E-state index contributed by atoms with van der Waals surface area (Å²) < 4.78 is 0. The Kier molecular flexibility index (Phi) is 5.42. The Labute approximate surface area is 141 Å². The van der Waals surface area contributed by atoms with Crippen LogP contribution in [0.15, 0.2) is 48.6 Å². The maximum absolute atomic E-state index is 11.6. The van der Waals surface area contributed by atoms with Crippen LogP contribution in [0.25, 0.3) is 12.2 Å². The van der Waals surface area contributed by atoms with E-state index in [2.05, 4.69) is 6.58 Å². The minimum atomic E-state index is -1.24. The van der Waals surface area contributed by atoms with Gasteiger partial charge in [-0.05, 0) is 37.0 Å². The summed E-state index contributed by atoms with van der Waals surface area (Å²) in [4.78, 5) is 11.6. The molecule has 24 heavy (non-hydrogen) atoms. The molecule has 2 aromatic carbocycles. The Hall–Kier alpha value is -3.01. The number of phenols is 2. The third-order valence-corrected chi connectivity index (χ3v) is 3.68. The van der Waals surface area contributed by atoms with Gasteiger partial charge in [-0.25, -0.2) is 4.79 Å². The van der Waals surface area contributed by atoms with Crippen molar-refractivity contribution in [2.24, 2.45) is 0 Å². The first kappa shape index (κ1) is 17.3. The lowest BCUT2D eigenvalue weighted by molar-refractivity contribution is 0.0693. The third-order valence-electron chi connectivity index (χ3n) is 3.68. The van der Waals surface area contributed by atoms with Crippen LogP contribution in [0.4, 0.5) is 0 Å². The van der Waals surface area contributed by atoms with E-state index in [-0.39, 0.29) is 22.4 Å². The first-order valence-corrected chi connectivity index (χ1v) is 7.58. The fourth-order valence-electron chi connectivity index (χ4n) is 2.41. The molecule has 0 aliphatic rings. The van der Waals surface area contributed by atoms with Crippen molar-refractivity contribution in [3.63, 3.8) is 0 Å². The highest BCUT2D eigenvalue weighted by Gasteiger charge is 2.21. The molecule has 3 N–H and O–H groups in total. The van der Waals surface area contributed by atoms with Crippen LogP contribution in [0.1, 0.15) is 40.4 Å². The largest absolute Gasteiger partial charge is 0.508 e. The summed E-state index contributed by atoms with van der Waals surface area (Å²) >= 11 is 0. The lowest BCUT2D eigenvalue weighted by Gasteiger charge is -2.12. The van der Waals surface area contributed by atoms with Crippen LogP contribution in [-0.2, 0) is 6.42 Å². The molecule has 4 nitrogen and oxygen atoms in total. The minimum Gasteiger partial charge on any atom is -0.508 e. The fourth-order valence-corrected chi connectivity index (χ4v) is 2.41. The van der Waals surface area contributed by atoms with Crippen LogP contribution in [0.3, 0.4) is 0 Å². The van der Waals surface area contributed by atoms with Gasteiger partial charge in [0.15, 0.2) is 0 Å². The lowest BCUT2D eigenvalue weighted by atomic mass is 9.96. The second-order valence-corrected chi connectivity index (χ2v) is 5.69. The first-order valence-electron chi connectivity index (χ1n) is 7.58. The van der Waals surface area contributed by atoms with Crippen LogP contribution in [0, 0.1) is 0 Å². The molecule has 2 rings (SSSR count). The summed E-state index contributed by atoms with van der Waals surface area (Å²) in [6.45, 7) is 5.61. The molecule has 0 aliphatic heterocycles. The van der Waals surface area contributed by atoms with Crippen LogP contribution in [0.5, 0.6) is 11.5 Å². The quantitative estimate of drug-likeness (QED) is 0.541. The Morgan fingerprint density at radius 3 is 2.42 bits per heavy atom. The standard InChI is InChI=1S/C20H20O4/c1-13(2)8-11-16-17(21)12-15(18(19(16)22)20(23)24)10-9-14-6-4-3-5-7-14/h3-7,9-10,12,21-22H,1,8,11H2,2H3,(H,23,24). The topological polar surface area (TPSA) is 77.8 Å². The summed E-state index contributed by atoms with van der Waals surface area (Å²) in [6.07, 6.45) is 4.18. The molecule has 0 bridgehead atoms. The molecule has 0 heterocycles. The smallest absolute Gasteiger partial charge is 0.340 e. The molecule has 0 saturated heterocycles. The number of carbonyl (C=O) groups is 1. The van der Waals surface area contributed by atoms with Crippen LogP contribution < -0.4 is 0 Å². The monoisotopic (exact) mass is 324 g/mol. The number of carboxylic acids is 1. The second kappa shape index (κ2) is 7.51. The number of hydrogen-bond acceptors (Lipinski definition) is 3. The summed E-state index contributed by atoms with van der Waals surface area (Å²) in [6, 6.07) is 10.7. The van der Waals surface area contributed by atoms with Gasteiger partial charge < -0.3 is 15.3 Å². The van der Waals surface area contributed by atoms with Crippen molar-refractivity contribution in [2.45, 2.75) is 19.8 Å². The minimum absolute atomic E-state index is 0.119.